The summed E-state index contributed by atoms with van der Waals surface area (Å²) in [6.45, 7) is 0. The molecule has 6 nitrogen and oxygen atoms in total. The fourth-order valence-electron chi connectivity index (χ4n) is 2.38. The number of hydrogen-bond donors (Lipinski definition) is 2. The van der Waals surface area contributed by atoms with Crippen LogP contribution in [0.2, 0.25) is 0 Å². The summed E-state index contributed by atoms with van der Waals surface area (Å²) in [5, 5.41) is 0. The molecule has 0 atom stereocenters. The Morgan fingerprint density at radius 1 is 1.00 bits per heavy atom. The Bertz CT molecular complexity index is 892. The minimum atomic E-state index is -0.309. The van der Waals surface area contributed by atoms with Gasteiger partial charge in [0.15, 0.2) is 0 Å². The molecule has 3 rings (SSSR count). The van der Waals surface area contributed by atoms with E-state index in [4.69, 9.17) is 0 Å². The Hall–Kier alpha value is -2.80. The van der Waals surface area contributed by atoms with Crippen LogP contribution < -0.4 is 10.9 Å². The van der Waals surface area contributed by atoms with E-state index in [-0.39, 0.29) is 24.0 Å². The Morgan fingerprint density at radius 2 is 1.68 bits per heavy atom. The SMILES string of the molecule is Cn1c(CC(=O)NNC(=O)CSc2ccccc2)nc2ccccc21. The van der Waals surface area contributed by atoms with E-state index < -0.39 is 0 Å². The van der Waals surface area contributed by atoms with E-state index >= 15 is 0 Å². The molecule has 0 aliphatic rings. The fraction of sp³-hybridized carbons (Fsp3) is 0.167. The van der Waals surface area contributed by atoms with Crippen molar-refractivity contribution in [3.05, 3.63) is 60.4 Å². The van der Waals surface area contributed by atoms with Crippen molar-refractivity contribution in [1.82, 2.24) is 20.4 Å². The van der Waals surface area contributed by atoms with E-state index in [1.165, 1.54) is 11.8 Å². The molecule has 0 aliphatic carbocycles. The van der Waals surface area contributed by atoms with E-state index in [1.54, 1.807) is 0 Å². The fourth-order valence-corrected chi connectivity index (χ4v) is 3.10. The highest BCUT2D eigenvalue weighted by Crippen LogP contribution is 2.16. The zero-order valence-corrected chi connectivity index (χ0v) is 14.5. The van der Waals surface area contributed by atoms with Crippen molar-refractivity contribution in [2.75, 3.05) is 5.75 Å². The van der Waals surface area contributed by atoms with Gasteiger partial charge in [-0.2, -0.15) is 0 Å². The molecule has 0 unspecified atom stereocenters. The number of carbonyl (C=O) groups is 2. The number of aryl methyl sites for hydroxylation is 1. The molecular formula is C18H18N4O2S. The van der Waals surface area contributed by atoms with Gasteiger partial charge in [-0.15, -0.1) is 11.8 Å². The van der Waals surface area contributed by atoms with Crippen LogP contribution in [-0.4, -0.2) is 27.1 Å². The Balaban J connectivity index is 1.49. The van der Waals surface area contributed by atoms with Crippen molar-refractivity contribution >= 4 is 34.6 Å². The third-order valence-corrected chi connectivity index (χ3v) is 4.66. The highest BCUT2D eigenvalue weighted by Gasteiger charge is 2.12. The number of hydrogen-bond acceptors (Lipinski definition) is 4. The number of nitrogens with zero attached hydrogens (tertiary/aromatic N) is 2. The molecule has 2 aromatic carbocycles. The lowest BCUT2D eigenvalue weighted by molar-refractivity contribution is -0.127. The first-order valence-corrected chi connectivity index (χ1v) is 8.78. The van der Waals surface area contributed by atoms with E-state index in [2.05, 4.69) is 15.8 Å². The first-order valence-electron chi connectivity index (χ1n) is 7.79. The summed E-state index contributed by atoms with van der Waals surface area (Å²) in [6, 6.07) is 17.3. The summed E-state index contributed by atoms with van der Waals surface area (Å²) in [7, 11) is 1.87. The second-order valence-corrected chi connectivity index (χ2v) is 6.50. The largest absolute Gasteiger partial charge is 0.331 e. The van der Waals surface area contributed by atoms with E-state index in [0.717, 1.165) is 15.9 Å². The third-order valence-electron chi connectivity index (χ3n) is 3.65. The first kappa shape index (κ1) is 17.0. The predicted molar refractivity (Wildman–Crippen MR) is 97.9 cm³/mol. The molecule has 0 saturated carbocycles. The summed E-state index contributed by atoms with van der Waals surface area (Å²) in [5.74, 6) is 0.312. The van der Waals surface area contributed by atoms with Crippen molar-refractivity contribution in [3.63, 3.8) is 0 Å². The zero-order valence-electron chi connectivity index (χ0n) is 13.7. The van der Waals surface area contributed by atoms with Gasteiger partial charge in [-0.3, -0.25) is 20.4 Å². The molecule has 0 aliphatic heterocycles. The third kappa shape index (κ3) is 4.39. The molecule has 1 heterocycles. The van der Waals surface area contributed by atoms with Crippen LogP contribution in [0.25, 0.3) is 11.0 Å². The summed E-state index contributed by atoms with van der Waals surface area (Å²) in [6.07, 6.45) is 0.0945. The molecule has 3 aromatic rings. The second kappa shape index (κ2) is 7.85. The van der Waals surface area contributed by atoms with E-state index in [9.17, 15) is 9.59 Å². The van der Waals surface area contributed by atoms with Gasteiger partial charge in [0.2, 0.25) is 11.8 Å². The standard InChI is InChI=1S/C18H18N4O2S/c1-22-15-10-6-5-9-14(15)19-16(22)11-17(23)20-21-18(24)12-25-13-7-3-2-4-8-13/h2-10H,11-12H2,1H3,(H,20,23)(H,21,24). The maximum Gasteiger partial charge on any atom is 0.248 e. The summed E-state index contributed by atoms with van der Waals surface area (Å²) in [4.78, 5) is 29.3. The van der Waals surface area contributed by atoms with Crippen molar-refractivity contribution in [2.24, 2.45) is 7.05 Å². The minimum absolute atomic E-state index is 0.0945. The quantitative estimate of drug-likeness (QED) is 0.543. The molecule has 0 bridgehead atoms. The maximum absolute atomic E-state index is 12.0. The van der Waals surface area contributed by atoms with Crippen molar-refractivity contribution in [1.29, 1.82) is 0 Å². The van der Waals surface area contributed by atoms with E-state index in [1.807, 2.05) is 66.2 Å². The number of nitrogens with one attached hydrogen (secondary N) is 2. The molecule has 25 heavy (non-hydrogen) atoms. The monoisotopic (exact) mass is 354 g/mol. The van der Waals surface area contributed by atoms with Crippen molar-refractivity contribution < 1.29 is 9.59 Å². The summed E-state index contributed by atoms with van der Waals surface area (Å²) < 4.78 is 1.88. The number of para-hydroxylation sites is 2. The number of carbonyl (C=O) groups excluding carboxylic acids is 2. The lowest BCUT2D eigenvalue weighted by Gasteiger charge is -2.07. The van der Waals surface area contributed by atoms with Gasteiger partial charge in [0.05, 0.1) is 23.2 Å². The molecule has 0 saturated heterocycles. The lowest BCUT2D eigenvalue weighted by atomic mass is 10.3. The molecule has 2 N–H and O–H groups in total. The Labute approximate surface area is 149 Å². The molecular weight excluding hydrogens is 336 g/mol. The number of hydrazine groups is 1. The maximum atomic E-state index is 12.0. The van der Waals surface area contributed by atoms with Crippen LogP contribution in [-0.2, 0) is 23.1 Å². The van der Waals surface area contributed by atoms with Gasteiger partial charge in [-0.05, 0) is 24.3 Å². The van der Waals surface area contributed by atoms with Crippen LogP contribution >= 0.6 is 11.8 Å². The molecule has 1 aromatic heterocycles. The molecule has 128 valence electrons. The number of aromatic nitrogens is 2. The van der Waals surface area contributed by atoms with Gasteiger partial charge in [0.25, 0.3) is 0 Å². The molecule has 0 fully saturated rings. The first-order chi connectivity index (χ1) is 12.1. The average Bonchev–Trinajstić information content (AvgIpc) is 2.95. The molecule has 2 amide bonds. The van der Waals surface area contributed by atoms with Crippen LogP contribution in [0.3, 0.4) is 0 Å². The lowest BCUT2D eigenvalue weighted by Crippen LogP contribution is -2.43. The number of imidazole rings is 1. The average molecular weight is 354 g/mol. The topological polar surface area (TPSA) is 76.0 Å². The number of thioether (sulfide) groups is 1. The van der Waals surface area contributed by atoms with Crippen LogP contribution in [0.15, 0.2) is 59.5 Å². The van der Waals surface area contributed by atoms with Gasteiger partial charge in [-0.1, -0.05) is 30.3 Å². The minimum Gasteiger partial charge on any atom is -0.331 e. The molecule has 0 spiro atoms. The highest BCUT2D eigenvalue weighted by atomic mass is 32.2. The van der Waals surface area contributed by atoms with Crippen LogP contribution in [0, 0.1) is 0 Å². The van der Waals surface area contributed by atoms with Crippen molar-refractivity contribution in [2.45, 2.75) is 11.3 Å². The zero-order chi connectivity index (χ0) is 17.6. The number of benzene rings is 2. The predicted octanol–water partition coefficient (Wildman–Crippen LogP) is 2.06. The normalized spacial score (nSPS) is 10.6. The number of fused-ring (bicyclic) bond motifs is 1. The summed E-state index contributed by atoms with van der Waals surface area (Å²) in [5.41, 5.74) is 6.67. The van der Waals surface area contributed by atoms with Crippen LogP contribution in [0.5, 0.6) is 0 Å². The number of amides is 2. The number of rotatable bonds is 5. The van der Waals surface area contributed by atoms with Gasteiger partial charge in [-0.25, -0.2) is 4.98 Å². The molecule has 0 radical (unpaired) electrons. The van der Waals surface area contributed by atoms with Gasteiger partial charge >= 0.3 is 0 Å². The van der Waals surface area contributed by atoms with Crippen LogP contribution in [0.4, 0.5) is 0 Å². The van der Waals surface area contributed by atoms with Crippen molar-refractivity contribution in [3.8, 4) is 0 Å². The van der Waals surface area contributed by atoms with Gasteiger partial charge in [0, 0.05) is 11.9 Å². The highest BCUT2D eigenvalue weighted by molar-refractivity contribution is 8.00. The van der Waals surface area contributed by atoms with E-state index in [0.29, 0.717) is 5.82 Å². The van der Waals surface area contributed by atoms with Gasteiger partial charge in [0.1, 0.15) is 5.82 Å². The Kier molecular flexibility index (Phi) is 5.35. The smallest absolute Gasteiger partial charge is 0.248 e. The van der Waals surface area contributed by atoms with Crippen LogP contribution in [0.1, 0.15) is 5.82 Å². The molecule has 7 heteroatoms. The Morgan fingerprint density at radius 3 is 2.44 bits per heavy atom. The summed E-state index contributed by atoms with van der Waals surface area (Å²) >= 11 is 1.41. The second-order valence-electron chi connectivity index (χ2n) is 5.45. The van der Waals surface area contributed by atoms with Gasteiger partial charge < -0.3 is 4.57 Å².